The number of hydrogen-bond donors (Lipinski definition) is 1. The number of rotatable bonds is 5. The van der Waals surface area contributed by atoms with E-state index in [-0.39, 0.29) is 11.9 Å². The van der Waals surface area contributed by atoms with Gasteiger partial charge >= 0.3 is 0 Å². The summed E-state index contributed by atoms with van der Waals surface area (Å²) in [7, 11) is 0. The Bertz CT molecular complexity index is 556. The van der Waals surface area contributed by atoms with Gasteiger partial charge in [0.2, 0.25) is 5.89 Å². The molecule has 0 bridgehead atoms. The highest BCUT2D eigenvalue weighted by atomic mass is 79.9. The Kier molecular flexibility index (Phi) is 4.71. The third-order valence-electron chi connectivity index (χ3n) is 2.95. The monoisotopic (exact) mass is 326 g/mol. The minimum absolute atomic E-state index is 0.0916. The first kappa shape index (κ1) is 14.2. The summed E-state index contributed by atoms with van der Waals surface area (Å²) in [4.78, 5) is 4.19. The van der Waals surface area contributed by atoms with Gasteiger partial charge in [-0.2, -0.15) is 0 Å². The van der Waals surface area contributed by atoms with Crippen molar-refractivity contribution in [3.8, 4) is 0 Å². The van der Waals surface area contributed by atoms with Gasteiger partial charge < -0.3 is 9.73 Å². The third kappa shape index (κ3) is 3.64. The lowest BCUT2D eigenvalue weighted by atomic mass is 10.1. The molecule has 102 valence electrons. The number of halogens is 2. The maximum absolute atomic E-state index is 13.2. The van der Waals surface area contributed by atoms with Gasteiger partial charge in [0.05, 0.1) is 17.2 Å². The van der Waals surface area contributed by atoms with Crippen LogP contribution in [0.2, 0.25) is 0 Å². The smallest absolute Gasteiger partial charge is 0.208 e. The number of hydrogen-bond acceptors (Lipinski definition) is 3. The standard InChI is InChI=1S/C14H16BrFN2O/c1-3-11-7-18-14(19-11)8-17-9(2)10-4-5-13(16)12(15)6-10/h4-7,9,17H,3,8H2,1-2H3. The topological polar surface area (TPSA) is 38.1 Å². The molecule has 0 amide bonds. The van der Waals surface area contributed by atoms with Crippen molar-refractivity contribution in [2.24, 2.45) is 0 Å². The van der Waals surface area contributed by atoms with Crippen molar-refractivity contribution < 1.29 is 8.81 Å². The van der Waals surface area contributed by atoms with E-state index in [9.17, 15) is 4.39 Å². The zero-order valence-electron chi connectivity index (χ0n) is 10.9. The van der Waals surface area contributed by atoms with Gasteiger partial charge in [0.25, 0.3) is 0 Å². The summed E-state index contributed by atoms with van der Waals surface area (Å²) in [6.07, 6.45) is 2.59. The van der Waals surface area contributed by atoms with Crippen LogP contribution >= 0.6 is 15.9 Å². The van der Waals surface area contributed by atoms with Crippen LogP contribution in [0.1, 0.15) is 37.1 Å². The molecule has 1 N–H and O–H groups in total. The van der Waals surface area contributed by atoms with Crippen molar-refractivity contribution >= 4 is 15.9 Å². The van der Waals surface area contributed by atoms with E-state index in [4.69, 9.17) is 4.42 Å². The van der Waals surface area contributed by atoms with E-state index in [2.05, 4.69) is 26.2 Å². The normalized spacial score (nSPS) is 12.6. The molecule has 1 unspecified atom stereocenters. The molecule has 3 nitrogen and oxygen atoms in total. The molecule has 0 aliphatic carbocycles. The van der Waals surface area contributed by atoms with Crippen molar-refractivity contribution in [3.63, 3.8) is 0 Å². The quantitative estimate of drug-likeness (QED) is 0.902. The molecular formula is C14H16BrFN2O. The number of oxazole rings is 1. The van der Waals surface area contributed by atoms with E-state index in [0.717, 1.165) is 17.7 Å². The minimum atomic E-state index is -0.253. The van der Waals surface area contributed by atoms with Gasteiger partial charge in [-0.1, -0.05) is 13.0 Å². The van der Waals surface area contributed by atoms with Crippen LogP contribution in [0, 0.1) is 5.82 Å². The fraction of sp³-hybridized carbons (Fsp3) is 0.357. The average Bonchev–Trinajstić information content (AvgIpc) is 2.87. The molecular weight excluding hydrogens is 311 g/mol. The molecule has 2 aromatic rings. The second-order valence-corrected chi connectivity index (χ2v) is 5.20. The predicted molar refractivity (Wildman–Crippen MR) is 75.2 cm³/mol. The summed E-state index contributed by atoms with van der Waals surface area (Å²) >= 11 is 3.19. The molecule has 0 radical (unpaired) electrons. The average molecular weight is 327 g/mol. The summed E-state index contributed by atoms with van der Waals surface area (Å²) in [5.41, 5.74) is 1.01. The SMILES string of the molecule is CCc1cnc(CNC(C)c2ccc(F)c(Br)c2)o1. The van der Waals surface area contributed by atoms with Crippen molar-refractivity contribution in [3.05, 3.63) is 51.9 Å². The van der Waals surface area contributed by atoms with Crippen LogP contribution in [0.3, 0.4) is 0 Å². The second kappa shape index (κ2) is 6.30. The van der Waals surface area contributed by atoms with E-state index in [0.29, 0.717) is 16.9 Å². The maximum Gasteiger partial charge on any atom is 0.208 e. The van der Waals surface area contributed by atoms with Crippen LogP contribution in [-0.4, -0.2) is 4.98 Å². The summed E-state index contributed by atoms with van der Waals surface area (Å²) in [6, 6.07) is 5.09. The molecule has 0 aliphatic heterocycles. The number of nitrogens with zero attached hydrogens (tertiary/aromatic N) is 1. The Morgan fingerprint density at radius 3 is 2.89 bits per heavy atom. The summed E-state index contributed by atoms with van der Waals surface area (Å²) < 4.78 is 19.2. The van der Waals surface area contributed by atoms with E-state index < -0.39 is 0 Å². The van der Waals surface area contributed by atoms with Crippen molar-refractivity contribution in [1.29, 1.82) is 0 Å². The maximum atomic E-state index is 13.2. The molecule has 5 heteroatoms. The van der Waals surface area contributed by atoms with E-state index in [1.165, 1.54) is 6.07 Å². The van der Waals surface area contributed by atoms with Gasteiger partial charge in [-0.05, 0) is 40.5 Å². The highest BCUT2D eigenvalue weighted by molar-refractivity contribution is 9.10. The largest absolute Gasteiger partial charge is 0.444 e. The number of nitrogens with one attached hydrogen (secondary N) is 1. The molecule has 2 rings (SSSR count). The fourth-order valence-corrected chi connectivity index (χ4v) is 2.13. The Hall–Kier alpha value is -1.20. The van der Waals surface area contributed by atoms with Gasteiger partial charge in [0.1, 0.15) is 11.6 Å². The van der Waals surface area contributed by atoms with Crippen LogP contribution in [0.25, 0.3) is 0 Å². The van der Waals surface area contributed by atoms with Crippen molar-refractivity contribution in [2.45, 2.75) is 32.9 Å². The van der Waals surface area contributed by atoms with Crippen molar-refractivity contribution in [2.75, 3.05) is 0 Å². The van der Waals surface area contributed by atoms with Crippen LogP contribution in [0.5, 0.6) is 0 Å². The molecule has 1 aromatic heterocycles. The second-order valence-electron chi connectivity index (χ2n) is 4.35. The van der Waals surface area contributed by atoms with Gasteiger partial charge in [-0.25, -0.2) is 9.37 Å². The van der Waals surface area contributed by atoms with Gasteiger partial charge in [0.15, 0.2) is 0 Å². The first-order valence-electron chi connectivity index (χ1n) is 6.22. The van der Waals surface area contributed by atoms with Crippen LogP contribution < -0.4 is 5.32 Å². The van der Waals surface area contributed by atoms with E-state index in [1.807, 2.05) is 13.8 Å². The van der Waals surface area contributed by atoms with Gasteiger partial charge in [-0.15, -0.1) is 0 Å². The number of aromatic nitrogens is 1. The van der Waals surface area contributed by atoms with Crippen LogP contribution in [0.4, 0.5) is 4.39 Å². The molecule has 1 atom stereocenters. The molecule has 1 aromatic carbocycles. The Morgan fingerprint density at radius 1 is 1.47 bits per heavy atom. The van der Waals surface area contributed by atoms with Gasteiger partial charge in [-0.3, -0.25) is 0 Å². The lowest BCUT2D eigenvalue weighted by Gasteiger charge is -2.13. The van der Waals surface area contributed by atoms with E-state index >= 15 is 0 Å². The Balaban J connectivity index is 1.96. The molecule has 0 fully saturated rings. The van der Waals surface area contributed by atoms with E-state index in [1.54, 1.807) is 18.3 Å². The first-order chi connectivity index (χ1) is 9.10. The molecule has 0 saturated heterocycles. The van der Waals surface area contributed by atoms with Crippen LogP contribution in [-0.2, 0) is 13.0 Å². The highest BCUT2D eigenvalue weighted by Gasteiger charge is 2.09. The number of aryl methyl sites for hydroxylation is 1. The predicted octanol–water partition coefficient (Wildman–Crippen LogP) is 3.99. The lowest BCUT2D eigenvalue weighted by Crippen LogP contribution is -2.18. The van der Waals surface area contributed by atoms with Crippen molar-refractivity contribution in [1.82, 2.24) is 10.3 Å². The third-order valence-corrected chi connectivity index (χ3v) is 3.56. The zero-order valence-corrected chi connectivity index (χ0v) is 12.5. The zero-order chi connectivity index (χ0) is 13.8. The summed E-state index contributed by atoms with van der Waals surface area (Å²) in [6.45, 7) is 4.59. The highest BCUT2D eigenvalue weighted by Crippen LogP contribution is 2.21. The molecule has 19 heavy (non-hydrogen) atoms. The summed E-state index contributed by atoms with van der Waals surface area (Å²) in [5, 5.41) is 3.30. The molecule has 0 spiro atoms. The molecule has 0 saturated carbocycles. The minimum Gasteiger partial charge on any atom is -0.444 e. The Labute approximate surface area is 120 Å². The molecule has 0 aliphatic rings. The lowest BCUT2D eigenvalue weighted by molar-refractivity contribution is 0.424. The first-order valence-corrected chi connectivity index (χ1v) is 7.01. The Morgan fingerprint density at radius 2 is 2.26 bits per heavy atom. The molecule has 1 heterocycles. The number of benzene rings is 1. The van der Waals surface area contributed by atoms with Crippen LogP contribution in [0.15, 0.2) is 33.3 Å². The van der Waals surface area contributed by atoms with Gasteiger partial charge in [0, 0.05) is 12.5 Å². The summed E-state index contributed by atoms with van der Waals surface area (Å²) in [5.74, 6) is 1.30. The fourth-order valence-electron chi connectivity index (χ4n) is 1.73.